The standard InChI is InChI=1S/C28H27F3N6O2/c1-4-33-15-25(38)35-23-10-8-20(28(29,30)31)13-24(23)36-26(39)18-6-5-16(2)21(12-18)17-7-9-22-19(11-17)14-34-27(32-3)37-22/h5-14,33H,4,15H2,1-3H3,(H,35,38)(H,36,39)(H,32,34,37). The Bertz CT molecular complexity index is 1540. The first-order valence-electron chi connectivity index (χ1n) is 12.2. The van der Waals surface area contributed by atoms with E-state index in [0.717, 1.165) is 45.8 Å². The number of carbonyl (C=O) groups is 2. The Morgan fingerprint density at radius 1 is 0.949 bits per heavy atom. The van der Waals surface area contributed by atoms with Gasteiger partial charge in [0.05, 0.1) is 29.0 Å². The molecule has 0 spiro atoms. The molecule has 0 unspecified atom stereocenters. The van der Waals surface area contributed by atoms with Crippen LogP contribution in [0.3, 0.4) is 0 Å². The molecule has 2 amide bonds. The first-order valence-corrected chi connectivity index (χ1v) is 12.2. The molecule has 0 atom stereocenters. The van der Waals surface area contributed by atoms with Gasteiger partial charge < -0.3 is 21.3 Å². The van der Waals surface area contributed by atoms with Gasteiger partial charge in [0.2, 0.25) is 11.9 Å². The summed E-state index contributed by atoms with van der Waals surface area (Å²) in [5, 5.41) is 11.6. The smallest absolute Gasteiger partial charge is 0.357 e. The number of rotatable bonds is 8. The van der Waals surface area contributed by atoms with Crippen LogP contribution in [0.4, 0.5) is 30.5 Å². The highest BCUT2D eigenvalue weighted by Gasteiger charge is 2.31. The molecule has 1 aromatic heterocycles. The van der Waals surface area contributed by atoms with Crippen molar-refractivity contribution in [2.45, 2.75) is 20.0 Å². The van der Waals surface area contributed by atoms with E-state index in [-0.39, 0.29) is 23.5 Å². The number of carbonyl (C=O) groups excluding carboxylic acids is 2. The molecule has 3 aromatic carbocycles. The van der Waals surface area contributed by atoms with Crippen molar-refractivity contribution in [3.8, 4) is 11.1 Å². The van der Waals surface area contributed by atoms with E-state index in [2.05, 4.69) is 31.2 Å². The highest BCUT2D eigenvalue weighted by atomic mass is 19.4. The topological polar surface area (TPSA) is 108 Å². The van der Waals surface area contributed by atoms with Gasteiger partial charge in [0.1, 0.15) is 0 Å². The highest BCUT2D eigenvalue weighted by Crippen LogP contribution is 2.35. The second-order valence-electron chi connectivity index (χ2n) is 8.79. The molecular weight excluding hydrogens is 509 g/mol. The molecule has 11 heteroatoms. The van der Waals surface area contributed by atoms with Crippen LogP contribution in [0.2, 0.25) is 0 Å². The summed E-state index contributed by atoms with van der Waals surface area (Å²) in [6.07, 6.45) is -2.93. The maximum absolute atomic E-state index is 13.4. The van der Waals surface area contributed by atoms with Crippen molar-refractivity contribution in [2.75, 3.05) is 36.1 Å². The first-order chi connectivity index (χ1) is 18.6. The van der Waals surface area contributed by atoms with Crippen molar-refractivity contribution in [1.29, 1.82) is 0 Å². The van der Waals surface area contributed by atoms with E-state index in [4.69, 9.17) is 0 Å². The molecule has 0 saturated heterocycles. The number of anilines is 3. The first kappa shape index (κ1) is 27.5. The third kappa shape index (κ3) is 6.50. The summed E-state index contributed by atoms with van der Waals surface area (Å²) >= 11 is 0. The number of aryl methyl sites for hydroxylation is 1. The number of likely N-dealkylation sites (N-methyl/N-ethyl adjacent to an activating group) is 1. The number of amides is 2. The van der Waals surface area contributed by atoms with Crippen LogP contribution in [0.25, 0.3) is 22.0 Å². The Balaban J connectivity index is 1.65. The number of halogens is 3. The summed E-state index contributed by atoms with van der Waals surface area (Å²) in [5.74, 6) is -0.579. The number of nitrogens with zero attached hydrogens (tertiary/aromatic N) is 2. The van der Waals surface area contributed by atoms with Gasteiger partial charge in [0.25, 0.3) is 5.91 Å². The molecule has 4 aromatic rings. The molecular formula is C28H27F3N6O2. The van der Waals surface area contributed by atoms with Gasteiger partial charge in [-0.05, 0) is 72.6 Å². The predicted octanol–water partition coefficient (Wildman–Crippen LogP) is 5.47. The van der Waals surface area contributed by atoms with Crippen LogP contribution in [0.5, 0.6) is 0 Å². The van der Waals surface area contributed by atoms with Crippen molar-refractivity contribution in [3.63, 3.8) is 0 Å². The maximum Gasteiger partial charge on any atom is 0.416 e. The van der Waals surface area contributed by atoms with Crippen molar-refractivity contribution in [2.24, 2.45) is 0 Å². The second-order valence-corrected chi connectivity index (χ2v) is 8.79. The van der Waals surface area contributed by atoms with E-state index in [1.807, 2.05) is 32.0 Å². The zero-order valence-corrected chi connectivity index (χ0v) is 21.5. The van der Waals surface area contributed by atoms with Crippen LogP contribution in [0, 0.1) is 6.92 Å². The molecule has 4 N–H and O–H groups in total. The van der Waals surface area contributed by atoms with Gasteiger partial charge in [-0.1, -0.05) is 19.1 Å². The summed E-state index contributed by atoms with van der Waals surface area (Å²) in [6, 6.07) is 13.4. The minimum Gasteiger partial charge on any atom is -0.357 e. The number of nitrogens with one attached hydrogen (secondary N) is 4. The molecule has 0 aliphatic rings. The number of benzene rings is 3. The van der Waals surface area contributed by atoms with Crippen molar-refractivity contribution >= 4 is 40.0 Å². The van der Waals surface area contributed by atoms with Gasteiger partial charge in [-0.25, -0.2) is 9.97 Å². The minimum absolute atomic E-state index is 0.0285. The molecule has 8 nitrogen and oxygen atoms in total. The molecule has 1 heterocycles. The largest absolute Gasteiger partial charge is 0.416 e. The van der Waals surface area contributed by atoms with E-state index < -0.39 is 23.6 Å². The lowest BCUT2D eigenvalue weighted by molar-refractivity contribution is -0.137. The lowest BCUT2D eigenvalue weighted by atomic mass is 9.97. The molecule has 0 fully saturated rings. The summed E-state index contributed by atoms with van der Waals surface area (Å²) in [6.45, 7) is 4.23. The van der Waals surface area contributed by atoms with Crippen LogP contribution < -0.4 is 21.3 Å². The van der Waals surface area contributed by atoms with Gasteiger partial charge >= 0.3 is 6.18 Å². The maximum atomic E-state index is 13.4. The van der Waals surface area contributed by atoms with Crippen LogP contribution in [0.1, 0.15) is 28.4 Å². The molecule has 0 aliphatic heterocycles. The van der Waals surface area contributed by atoms with Crippen molar-refractivity contribution < 1.29 is 22.8 Å². The van der Waals surface area contributed by atoms with Gasteiger partial charge in [-0.2, -0.15) is 13.2 Å². The number of aromatic nitrogens is 2. The fraction of sp³-hybridized carbons (Fsp3) is 0.214. The monoisotopic (exact) mass is 536 g/mol. The summed E-state index contributed by atoms with van der Waals surface area (Å²) in [5.41, 5.74) is 2.42. The van der Waals surface area contributed by atoms with Gasteiger partial charge in [-0.3, -0.25) is 9.59 Å². The Hall–Kier alpha value is -4.51. The van der Waals surface area contributed by atoms with Crippen LogP contribution in [-0.4, -0.2) is 41.9 Å². The normalized spacial score (nSPS) is 11.3. The Labute approximate surface area is 223 Å². The Kier molecular flexibility index (Phi) is 8.10. The van der Waals surface area contributed by atoms with E-state index in [9.17, 15) is 22.8 Å². The average molecular weight is 537 g/mol. The quantitative estimate of drug-likeness (QED) is 0.238. The van der Waals surface area contributed by atoms with E-state index in [0.29, 0.717) is 12.5 Å². The fourth-order valence-corrected chi connectivity index (χ4v) is 3.96. The zero-order chi connectivity index (χ0) is 28.2. The average Bonchev–Trinajstić information content (AvgIpc) is 2.91. The van der Waals surface area contributed by atoms with Crippen molar-refractivity contribution in [1.82, 2.24) is 15.3 Å². The summed E-state index contributed by atoms with van der Waals surface area (Å²) in [4.78, 5) is 34.1. The SMILES string of the molecule is CCNCC(=O)Nc1ccc(C(F)(F)F)cc1NC(=O)c1ccc(C)c(-c2ccc3nc(NC)ncc3c2)c1. The lowest BCUT2D eigenvalue weighted by Gasteiger charge is -2.16. The molecule has 4 rings (SSSR count). The third-order valence-corrected chi connectivity index (χ3v) is 6.02. The number of hydrogen-bond donors (Lipinski definition) is 4. The second kappa shape index (κ2) is 11.5. The van der Waals surface area contributed by atoms with Crippen LogP contribution in [-0.2, 0) is 11.0 Å². The lowest BCUT2D eigenvalue weighted by Crippen LogP contribution is -2.28. The summed E-state index contributed by atoms with van der Waals surface area (Å²) < 4.78 is 40.2. The summed E-state index contributed by atoms with van der Waals surface area (Å²) in [7, 11) is 1.73. The predicted molar refractivity (Wildman–Crippen MR) is 146 cm³/mol. The Morgan fingerprint density at radius 2 is 1.74 bits per heavy atom. The van der Waals surface area contributed by atoms with Gasteiger partial charge in [0.15, 0.2) is 0 Å². The Morgan fingerprint density at radius 3 is 2.46 bits per heavy atom. The molecule has 39 heavy (non-hydrogen) atoms. The van der Waals surface area contributed by atoms with Crippen LogP contribution >= 0.6 is 0 Å². The molecule has 0 aliphatic carbocycles. The molecule has 0 radical (unpaired) electrons. The fourth-order valence-electron chi connectivity index (χ4n) is 3.96. The van der Waals surface area contributed by atoms with E-state index >= 15 is 0 Å². The van der Waals surface area contributed by atoms with E-state index in [1.165, 1.54) is 0 Å². The zero-order valence-electron chi connectivity index (χ0n) is 21.5. The molecule has 0 saturated carbocycles. The van der Waals surface area contributed by atoms with Crippen molar-refractivity contribution in [3.05, 3.63) is 77.5 Å². The van der Waals surface area contributed by atoms with E-state index in [1.54, 1.807) is 31.4 Å². The number of hydrogen-bond acceptors (Lipinski definition) is 6. The molecule has 202 valence electrons. The van der Waals surface area contributed by atoms with Gasteiger partial charge in [-0.15, -0.1) is 0 Å². The highest BCUT2D eigenvalue weighted by molar-refractivity contribution is 6.08. The third-order valence-electron chi connectivity index (χ3n) is 6.02. The molecule has 0 bridgehead atoms. The van der Waals surface area contributed by atoms with Crippen LogP contribution in [0.15, 0.2) is 60.8 Å². The van der Waals surface area contributed by atoms with Gasteiger partial charge in [0, 0.05) is 24.2 Å². The minimum atomic E-state index is -4.63. The number of alkyl halides is 3. The number of fused-ring (bicyclic) bond motifs is 1.